The highest BCUT2D eigenvalue weighted by atomic mass is 79.9. The fourth-order valence-corrected chi connectivity index (χ4v) is 1.94. The number of nitrogens with zero attached hydrogens (tertiary/aromatic N) is 1. The molecule has 2 nitrogen and oxygen atoms in total. The molecule has 1 atom stereocenters. The largest absolute Gasteiger partial charge is 0.381 e. The summed E-state index contributed by atoms with van der Waals surface area (Å²) >= 11 is 3.35. The highest BCUT2D eigenvalue weighted by molar-refractivity contribution is 9.09. The lowest BCUT2D eigenvalue weighted by Crippen LogP contribution is -2.18. The summed E-state index contributed by atoms with van der Waals surface area (Å²) in [6.45, 7) is 1.76. The molecule has 12 heavy (non-hydrogen) atoms. The minimum Gasteiger partial charge on any atom is -0.381 e. The van der Waals surface area contributed by atoms with E-state index in [1.807, 2.05) is 0 Å². The highest BCUT2D eigenvalue weighted by Crippen LogP contribution is 2.23. The first-order chi connectivity index (χ1) is 5.86. The van der Waals surface area contributed by atoms with Crippen molar-refractivity contribution in [2.45, 2.75) is 19.3 Å². The van der Waals surface area contributed by atoms with Gasteiger partial charge >= 0.3 is 0 Å². The number of alkyl halides is 1. The fraction of sp³-hybridized carbons (Fsp3) is 0.889. The molecule has 0 amide bonds. The summed E-state index contributed by atoms with van der Waals surface area (Å²) in [5.41, 5.74) is 0. The van der Waals surface area contributed by atoms with Gasteiger partial charge in [0.15, 0.2) is 0 Å². The Balaban J connectivity index is 2.24. The van der Waals surface area contributed by atoms with E-state index in [0.29, 0.717) is 5.92 Å². The van der Waals surface area contributed by atoms with E-state index in [4.69, 9.17) is 10.00 Å². The van der Waals surface area contributed by atoms with E-state index in [1.165, 1.54) is 0 Å². The Kier molecular flexibility index (Phi) is 4.63. The van der Waals surface area contributed by atoms with Crippen molar-refractivity contribution in [2.24, 2.45) is 11.8 Å². The lowest BCUT2D eigenvalue weighted by molar-refractivity contribution is 0.0616. The third-order valence-electron chi connectivity index (χ3n) is 2.33. The predicted octanol–water partition coefficient (Wildman–Crippen LogP) is 2.34. The lowest BCUT2D eigenvalue weighted by atomic mass is 9.90. The maximum absolute atomic E-state index is 8.75. The predicted molar refractivity (Wildman–Crippen MR) is 51.1 cm³/mol. The third kappa shape index (κ3) is 3.12. The van der Waals surface area contributed by atoms with E-state index >= 15 is 0 Å². The number of rotatable bonds is 3. The average molecular weight is 232 g/mol. The summed E-state index contributed by atoms with van der Waals surface area (Å²) in [6.07, 6.45) is 3.29. The zero-order valence-corrected chi connectivity index (χ0v) is 8.72. The monoisotopic (exact) mass is 231 g/mol. The quantitative estimate of drug-likeness (QED) is 0.699. The van der Waals surface area contributed by atoms with Gasteiger partial charge in [-0.15, -0.1) is 0 Å². The van der Waals surface area contributed by atoms with Crippen LogP contribution in [0.1, 0.15) is 19.3 Å². The molecule has 0 aromatic rings. The molecule has 0 spiro atoms. The summed E-state index contributed by atoms with van der Waals surface area (Å²) in [6, 6.07) is 2.31. The highest BCUT2D eigenvalue weighted by Gasteiger charge is 2.17. The summed E-state index contributed by atoms with van der Waals surface area (Å²) in [7, 11) is 0. The zero-order valence-electron chi connectivity index (χ0n) is 7.13. The van der Waals surface area contributed by atoms with Crippen LogP contribution in [-0.4, -0.2) is 18.5 Å². The second-order valence-corrected chi connectivity index (χ2v) is 3.92. The third-order valence-corrected chi connectivity index (χ3v) is 3.11. The van der Waals surface area contributed by atoms with Gasteiger partial charge in [-0.3, -0.25) is 0 Å². The van der Waals surface area contributed by atoms with Gasteiger partial charge in [-0.05, 0) is 25.2 Å². The minimum atomic E-state index is 0.188. The second-order valence-electron chi connectivity index (χ2n) is 3.27. The number of hydrogen-bond donors (Lipinski definition) is 0. The number of ether oxygens (including phenoxy) is 1. The SMILES string of the molecule is N#CC(CBr)CC1CCOCC1. The molecule has 1 rings (SSSR count). The van der Waals surface area contributed by atoms with Crippen LogP contribution in [-0.2, 0) is 4.74 Å². The molecule has 0 aliphatic carbocycles. The van der Waals surface area contributed by atoms with Crippen LogP contribution in [0, 0.1) is 23.2 Å². The van der Waals surface area contributed by atoms with Crippen LogP contribution in [0.15, 0.2) is 0 Å². The van der Waals surface area contributed by atoms with E-state index < -0.39 is 0 Å². The molecule has 1 aliphatic rings. The van der Waals surface area contributed by atoms with E-state index in [1.54, 1.807) is 0 Å². The lowest BCUT2D eigenvalue weighted by Gasteiger charge is -2.22. The van der Waals surface area contributed by atoms with Crippen molar-refractivity contribution >= 4 is 15.9 Å². The molecular formula is C9H14BrNO. The van der Waals surface area contributed by atoms with Gasteiger partial charge in [-0.25, -0.2) is 0 Å². The molecular weight excluding hydrogens is 218 g/mol. The van der Waals surface area contributed by atoms with Gasteiger partial charge in [-0.2, -0.15) is 5.26 Å². The summed E-state index contributed by atoms with van der Waals surface area (Å²) in [5, 5.41) is 9.55. The topological polar surface area (TPSA) is 33.0 Å². The van der Waals surface area contributed by atoms with Gasteiger partial charge in [0.1, 0.15) is 0 Å². The van der Waals surface area contributed by atoms with E-state index in [0.717, 1.165) is 37.8 Å². The molecule has 1 saturated heterocycles. The van der Waals surface area contributed by atoms with Gasteiger partial charge < -0.3 is 4.74 Å². The minimum absolute atomic E-state index is 0.188. The molecule has 0 saturated carbocycles. The van der Waals surface area contributed by atoms with Gasteiger partial charge in [0, 0.05) is 18.5 Å². The smallest absolute Gasteiger partial charge is 0.0664 e. The Morgan fingerprint density at radius 2 is 2.17 bits per heavy atom. The van der Waals surface area contributed by atoms with Crippen molar-refractivity contribution in [3.8, 4) is 6.07 Å². The molecule has 0 bridgehead atoms. The Morgan fingerprint density at radius 1 is 1.50 bits per heavy atom. The van der Waals surface area contributed by atoms with Crippen molar-refractivity contribution in [3.63, 3.8) is 0 Å². The molecule has 3 heteroatoms. The van der Waals surface area contributed by atoms with Crippen LogP contribution >= 0.6 is 15.9 Å². The molecule has 68 valence electrons. The number of hydrogen-bond acceptors (Lipinski definition) is 2. The van der Waals surface area contributed by atoms with E-state index in [-0.39, 0.29) is 5.92 Å². The first-order valence-corrected chi connectivity index (χ1v) is 5.52. The number of halogens is 1. The Hall–Kier alpha value is -0.0700. The zero-order chi connectivity index (χ0) is 8.81. The first kappa shape index (κ1) is 10.0. The van der Waals surface area contributed by atoms with Crippen LogP contribution in [0.2, 0.25) is 0 Å². The molecule has 1 unspecified atom stereocenters. The van der Waals surface area contributed by atoms with Crippen LogP contribution in [0.5, 0.6) is 0 Å². The van der Waals surface area contributed by atoms with Crippen LogP contribution in [0.25, 0.3) is 0 Å². The van der Waals surface area contributed by atoms with Crippen molar-refractivity contribution in [3.05, 3.63) is 0 Å². The molecule has 0 aromatic carbocycles. The average Bonchev–Trinajstić information content (AvgIpc) is 2.16. The molecule has 0 aromatic heterocycles. The molecule has 1 heterocycles. The fourth-order valence-electron chi connectivity index (χ4n) is 1.53. The van der Waals surface area contributed by atoms with Crippen LogP contribution < -0.4 is 0 Å². The van der Waals surface area contributed by atoms with Crippen molar-refractivity contribution in [1.82, 2.24) is 0 Å². The normalized spacial score (nSPS) is 21.7. The molecule has 0 radical (unpaired) electrons. The Morgan fingerprint density at radius 3 is 2.67 bits per heavy atom. The Labute approximate surface area is 82.0 Å². The van der Waals surface area contributed by atoms with Gasteiger partial charge in [0.05, 0.1) is 12.0 Å². The maximum Gasteiger partial charge on any atom is 0.0664 e. The Bertz CT molecular complexity index is 160. The summed E-state index contributed by atoms with van der Waals surface area (Å²) < 4.78 is 5.25. The summed E-state index contributed by atoms with van der Waals surface area (Å²) in [4.78, 5) is 0. The van der Waals surface area contributed by atoms with Crippen molar-refractivity contribution < 1.29 is 4.74 Å². The maximum atomic E-state index is 8.75. The van der Waals surface area contributed by atoms with E-state index in [2.05, 4.69) is 22.0 Å². The van der Waals surface area contributed by atoms with Gasteiger partial charge in [-0.1, -0.05) is 15.9 Å². The van der Waals surface area contributed by atoms with Gasteiger partial charge in [0.25, 0.3) is 0 Å². The van der Waals surface area contributed by atoms with E-state index in [9.17, 15) is 0 Å². The van der Waals surface area contributed by atoms with Crippen LogP contribution in [0.4, 0.5) is 0 Å². The standard InChI is InChI=1S/C9H14BrNO/c10-6-9(7-11)5-8-1-3-12-4-2-8/h8-9H,1-6H2. The van der Waals surface area contributed by atoms with Crippen molar-refractivity contribution in [1.29, 1.82) is 5.26 Å². The first-order valence-electron chi connectivity index (χ1n) is 4.40. The van der Waals surface area contributed by atoms with Crippen molar-refractivity contribution in [2.75, 3.05) is 18.5 Å². The molecule has 0 N–H and O–H groups in total. The second kappa shape index (κ2) is 5.55. The van der Waals surface area contributed by atoms with Crippen LogP contribution in [0.3, 0.4) is 0 Å². The summed E-state index contributed by atoms with van der Waals surface area (Å²) in [5.74, 6) is 0.897. The number of nitriles is 1. The molecule has 1 fully saturated rings. The molecule has 1 aliphatic heterocycles. The van der Waals surface area contributed by atoms with Gasteiger partial charge in [0.2, 0.25) is 0 Å².